The average molecular weight is 266 g/mol. The second kappa shape index (κ2) is 5.57. The van der Waals surface area contributed by atoms with E-state index in [-0.39, 0.29) is 6.42 Å². The molecule has 1 aromatic carbocycles. The molecular weight excluding hydrogens is 254 g/mol. The molecule has 0 spiro atoms. The molecule has 0 atom stereocenters. The van der Waals surface area contributed by atoms with Crippen LogP contribution in [0.5, 0.6) is 0 Å². The molecule has 0 unspecified atom stereocenters. The number of carbonyl (C=O) groups is 1. The summed E-state index contributed by atoms with van der Waals surface area (Å²) in [5.74, 6) is 5.32. The summed E-state index contributed by atoms with van der Waals surface area (Å²) in [6.07, 6.45) is 1.03. The van der Waals surface area contributed by atoms with E-state index in [2.05, 4.69) is 34.7 Å². The molecule has 0 aliphatic carbocycles. The number of nitrogens with two attached hydrogens (primary N) is 1. The molecule has 2 N–H and O–H groups in total. The minimum absolute atomic E-state index is 0.110. The minimum Gasteiger partial charge on any atom is -0.369 e. The van der Waals surface area contributed by atoms with E-state index < -0.39 is 5.91 Å². The van der Waals surface area contributed by atoms with Gasteiger partial charge < -0.3 is 5.73 Å². The van der Waals surface area contributed by atoms with Crippen molar-refractivity contribution >= 4 is 21.8 Å². The van der Waals surface area contributed by atoms with Gasteiger partial charge in [0.15, 0.2) is 0 Å². The van der Waals surface area contributed by atoms with Crippen LogP contribution in [0.3, 0.4) is 0 Å². The fourth-order valence-electron chi connectivity index (χ4n) is 1.20. The Morgan fingerprint density at radius 3 is 2.87 bits per heavy atom. The third-order valence-electron chi connectivity index (χ3n) is 1.93. The van der Waals surface area contributed by atoms with E-state index >= 15 is 0 Å². The van der Waals surface area contributed by atoms with E-state index in [9.17, 15) is 4.79 Å². The van der Waals surface area contributed by atoms with Gasteiger partial charge in [-0.3, -0.25) is 4.79 Å². The quantitative estimate of drug-likeness (QED) is 0.819. The predicted molar refractivity (Wildman–Crippen MR) is 64.2 cm³/mol. The van der Waals surface area contributed by atoms with Crippen molar-refractivity contribution < 1.29 is 4.79 Å². The number of carbonyl (C=O) groups excluding carboxylic acids is 1. The maximum absolute atomic E-state index is 10.5. The molecule has 0 aliphatic rings. The first-order valence-electron chi connectivity index (χ1n) is 4.69. The van der Waals surface area contributed by atoms with Crippen molar-refractivity contribution in [1.82, 2.24) is 0 Å². The van der Waals surface area contributed by atoms with Crippen LogP contribution in [0.15, 0.2) is 22.7 Å². The van der Waals surface area contributed by atoms with Crippen molar-refractivity contribution in [3.8, 4) is 11.8 Å². The second-order valence-corrected chi connectivity index (χ2v) is 4.02. The third-order valence-corrected chi connectivity index (χ3v) is 2.43. The molecule has 0 heterocycles. The highest BCUT2D eigenvalue weighted by molar-refractivity contribution is 9.10. The summed E-state index contributed by atoms with van der Waals surface area (Å²) in [4.78, 5) is 10.5. The Morgan fingerprint density at radius 2 is 2.27 bits per heavy atom. The summed E-state index contributed by atoms with van der Waals surface area (Å²) in [5.41, 5.74) is 7.13. The van der Waals surface area contributed by atoms with E-state index in [0.717, 1.165) is 16.5 Å². The van der Waals surface area contributed by atoms with Crippen LogP contribution in [0.4, 0.5) is 0 Å². The van der Waals surface area contributed by atoms with Crippen molar-refractivity contribution in [3.05, 3.63) is 33.8 Å². The predicted octanol–water partition coefficient (Wildman–Crippen LogP) is 2.24. The summed E-state index contributed by atoms with van der Waals surface area (Å²) in [6.45, 7) is 2.07. The molecule has 0 saturated carbocycles. The van der Waals surface area contributed by atoms with Crippen molar-refractivity contribution in [2.45, 2.75) is 19.8 Å². The summed E-state index contributed by atoms with van der Waals surface area (Å²) >= 11 is 3.41. The Hall–Kier alpha value is -1.27. The van der Waals surface area contributed by atoms with E-state index in [4.69, 9.17) is 5.73 Å². The van der Waals surface area contributed by atoms with Gasteiger partial charge in [-0.25, -0.2) is 0 Å². The van der Waals surface area contributed by atoms with Gasteiger partial charge in [0, 0.05) is 10.0 Å². The molecule has 2 nitrogen and oxygen atoms in total. The zero-order valence-electron chi connectivity index (χ0n) is 8.51. The third kappa shape index (κ3) is 3.77. The van der Waals surface area contributed by atoms with Crippen molar-refractivity contribution in [2.24, 2.45) is 5.73 Å². The van der Waals surface area contributed by atoms with Crippen LogP contribution >= 0.6 is 15.9 Å². The maximum atomic E-state index is 10.5. The van der Waals surface area contributed by atoms with Crippen LogP contribution in [0.25, 0.3) is 0 Å². The van der Waals surface area contributed by atoms with Crippen molar-refractivity contribution in [3.63, 3.8) is 0 Å². The lowest BCUT2D eigenvalue weighted by atomic mass is 10.1. The Labute approximate surface area is 98.0 Å². The van der Waals surface area contributed by atoms with Gasteiger partial charge in [0.2, 0.25) is 5.91 Å². The van der Waals surface area contributed by atoms with E-state index in [1.807, 2.05) is 18.2 Å². The lowest BCUT2D eigenvalue weighted by molar-refractivity contribution is -0.117. The molecule has 0 radical (unpaired) electrons. The lowest BCUT2D eigenvalue weighted by Gasteiger charge is -2.01. The van der Waals surface area contributed by atoms with Crippen LogP contribution < -0.4 is 5.73 Å². The van der Waals surface area contributed by atoms with Crippen LogP contribution in [0, 0.1) is 11.8 Å². The first-order chi connectivity index (χ1) is 7.13. The molecule has 1 amide bonds. The maximum Gasteiger partial charge on any atom is 0.229 e. The highest BCUT2D eigenvalue weighted by Gasteiger charge is 1.98. The van der Waals surface area contributed by atoms with Gasteiger partial charge in [0.1, 0.15) is 0 Å². The van der Waals surface area contributed by atoms with E-state index in [1.165, 1.54) is 5.56 Å². The number of hydrogen-bond acceptors (Lipinski definition) is 1. The van der Waals surface area contributed by atoms with Crippen molar-refractivity contribution in [2.75, 3.05) is 0 Å². The number of amides is 1. The molecule has 15 heavy (non-hydrogen) atoms. The molecule has 1 aromatic rings. The number of hydrogen-bond donors (Lipinski definition) is 1. The second-order valence-electron chi connectivity index (χ2n) is 3.10. The zero-order chi connectivity index (χ0) is 11.3. The van der Waals surface area contributed by atoms with Gasteiger partial charge in [-0.2, -0.15) is 0 Å². The number of halogens is 1. The standard InChI is InChI=1S/C12H12BrNO/c1-2-9-8-11(13)7-6-10(9)4-3-5-12(14)15/h6-8H,2,5H2,1H3,(H2,14,15). The minimum atomic E-state index is -0.391. The molecule has 0 aliphatic heterocycles. The molecule has 0 bridgehead atoms. The molecule has 0 fully saturated rings. The Kier molecular flexibility index (Phi) is 4.38. The first kappa shape index (κ1) is 11.8. The topological polar surface area (TPSA) is 43.1 Å². The number of rotatable bonds is 2. The Morgan fingerprint density at radius 1 is 1.53 bits per heavy atom. The monoisotopic (exact) mass is 265 g/mol. The first-order valence-corrected chi connectivity index (χ1v) is 5.48. The van der Waals surface area contributed by atoms with Crippen LogP contribution in [-0.2, 0) is 11.2 Å². The average Bonchev–Trinajstić information content (AvgIpc) is 2.19. The summed E-state index contributed by atoms with van der Waals surface area (Å²) in [7, 11) is 0. The van der Waals surface area contributed by atoms with Gasteiger partial charge in [0.25, 0.3) is 0 Å². The van der Waals surface area contributed by atoms with Crippen LogP contribution in [0.2, 0.25) is 0 Å². The summed E-state index contributed by atoms with van der Waals surface area (Å²) in [6, 6.07) is 5.92. The Bertz CT molecular complexity index is 429. The highest BCUT2D eigenvalue weighted by Crippen LogP contribution is 2.16. The van der Waals surface area contributed by atoms with Gasteiger partial charge in [-0.1, -0.05) is 34.7 Å². The van der Waals surface area contributed by atoms with Crippen LogP contribution in [0.1, 0.15) is 24.5 Å². The normalized spacial score (nSPS) is 9.20. The lowest BCUT2D eigenvalue weighted by Crippen LogP contribution is -2.08. The molecule has 3 heteroatoms. The fourth-order valence-corrected chi connectivity index (χ4v) is 1.61. The van der Waals surface area contributed by atoms with Crippen molar-refractivity contribution in [1.29, 1.82) is 0 Å². The highest BCUT2D eigenvalue weighted by atomic mass is 79.9. The SMILES string of the molecule is CCc1cc(Br)ccc1C#CCC(N)=O. The molecule has 0 aromatic heterocycles. The number of benzene rings is 1. The molecule has 1 rings (SSSR count). The summed E-state index contributed by atoms with van der Waals surface area (Å²) < 4.78 is 1.04. The fraction of sp³-hybridized carbons (Fsp3) is 0.250. The van der Waals surface area contributed by atoms with Gasteiger partial charge in [-0.15, -0.1) is 0 Å². The van der Waals surface area contributed by atoms with E-state index in [1.54, 1.807) is 0 Å². The Balaban J connectivity index is 2.92. The van der Waals surface area contributed by atoms with Gasteiger partial charge >= 0.3 is 0 Å². The van der Waals surface area contributed by atoms with Gasteiger partial charge in [0.05, 0.1) is 6.42 Å². The molecular formula is C12H12BrNO. The number of primary amides is 1. The smallest absolute Gasteiger partial charge is 0.229 e. The van der Waals surface area contributed by atoms with E-state index in [0.29, 0.717) is 0 Å². The molecule has 0 saturated heterocycles. The number of aryl methyl sites for hydroxylation is 1. The van der Waals surface area contributed by atoms with Gasteiger partial charge in [-0.05, 0) is 30.2 Å². The zero-order valence-corrected chi connectivity index (χ0v) is 10.1. The largest absolute Gasteiger partial charge is 0.369 e. The van der Waals surface area contributed by atoms with Crippen LogP contribution in [-0.4, -0.2) is 5.91 Å². The summed E-state index contributed by atoms with van der Waals surface area (Å²) in [5, 5.41) is 0. The molecule has 78 valence electrons.